The van der Waals surface area contributed by atoms with Crippen LogP contribution in [-0.4, -0.2) is 37.3 Å². The molecule has 4 rings (SSSR count). The van der Waals surface area contributed by atoms with E-state index in [1.165, 1.54) is 5.92 Å². The fourth-order valence-electron chi connectivity index (χ4n) is 3.26. The normalized spacial score (nSPS) is 15.4. The van der Waals surface area contributed by atoms with Gasteiger partial charge in [-0.2, -0.15) is 0 Å². The Hall–Kier alpha value is -1.33. The third-order valence-electron chi connectivity index (χ3n) is 4.89. The predicted molar refractivity (Wildman–Crippen MR) is 133 cm³/mol. The summed E-state index contributed by atoms with van der Waals surface area (Å²) in [5.41, 5.74) is 1.84. The van der Waals surface area contributed by atoms with Crippen LogP contribution in [0.15, 0.2) is 30.5 Å². The van der Waals surface area contributed by atoms with Gasteiger partial charge in [0, 0.05) is 35.3 Å². The summed E-state index contributed by atoms with van der Waals surface area (Å²) in [6.45, 7) is 1.84. The first-order valence-corrected chi connectivity index (χ1v) is 11.5. The standard InChI is InChI=1S/C22H24ClN2O3.C5H5.Fe/c23-18-8-9-19-20(10-11-24-21(19)16-18)25-12-13-27-14-15-28-22(26)7-3-6-17-4-1-2-5-17;1-2-4-5-3-1;/h1-2,4-5,8-11,16H,3,6-7,12-15H2,(H,24,25);1-5H;/q;;+2. The van der Waals surface area contributed by atoms with Crippen LogP contribution in [0.25, 0.3) is 10.9 Å². The summed E-state index contributed by atoms with van der Waals surface area (Å²) < 4.78 is 10.7. The number of benzene rings is 1. The number of hydrogen-bond acceptors (Lipinski definition) is 5. The predicted octanol–water partition coefficient (Wildman–Crippen LogP) is 5.45. The molecule has 0 saturated heterocycles. The molecule has 178 valence electrons. The van der Waals surface area contributed by atoms with Crippen molar-refractivity contribution in [2.75, 3.05) is 31.7 Å². The Balaban J connectivity index is 0.000000603. The van der Waals surface area contributed by atoms with E-state index in [1.807, 2.05) is 69.2 Å². The zero-order valence-electron chi connectivity index (χ0n) is 18.9. The molecular weight excluding hydrogens is 492 g/mol. The summed E-state index contributed by atoms with van der Waals surface area (Å²) in [6.07, 6.45) is 22.0. The Morgan fingerprint density at radius 3 is 2.41 bits per heavy atom. The molecule has 34 heavy (non-hydrogen) atoms. The Kier molecular flexibility index (Phi) is 14.6. The molecule has 0 amide bonds. The van der Waals surface area contributed by atoms with Gasteiger partial charge in [-0.25, -0.2) is 0 Å². The number of nitrogens with one attached hydrogen (secondary N) is 1. The van der Waals surface area contributed by atoms with E-state index in [1.54, 1.807) is 6.20 Å². The van der Waals surface area contributed by atoms with E-state index < -0.39 is 0 Å². The second kappa shape index (κ2) is 17.2. The van der Waals surface area contributed by atoms with Crippen LogP contribution in [0, 0.1) is 63.7 Å². The average molecular weight is 521 g/mol. The zero-order valence-corrected chi connectivity index (χ0v) is 20.8. The second-order valence-corrected chi connectivity index (χ2v) is 7.82. The van der Waals surface area contributed by atoms with E-state index in [0.717, 1.165) is 29.4 Å². The number of nitrogens with zero attached hydrogens (tertiary/aromatic N) is 1. The maximum Gasteiger partial charge on any atom is 2.00 e. The third-order valence-corrected chi connectivity index (χ3v) is 5.13. The molecule has 0 bridgehead atoms. The van der Waals surface area contributed by atoms with Crippen LogP contribution in [0.5, 0.6) is 0 Å². The van der Waals surface area contributed by atoms with Crippen LogP contribution in [-0.2, 0) is 31.3 Å². The monoisotopic (exact) mass is 520 g/mol. The first kappa shape index (κ1) is 28.9. The molecule has 5 nitrogen and oxygen atoms in total. The molecule has 2 aliphatic rings. The van der Waals surface area contributed by atoms with E-state index in [0.29, 0.717) is 31.2 Å². The molecule has 0 spiro atoms. The van der Waals surface area contributed by atoms with Gasteiger partial charge in [0.1, 0.15) is 6.61 Å². The van der Waals surface area contributed by atoms with Gasteiger partial charge in [-0.1, -0.05) is 11.6 Å². The van der Waals surface area contributed by atoms with Crippen molar-refractivity contribution >= 4 is 34.2 Å². The summed E-state index contributed by atoms with van der Waals surface area (Å²) in [5.74, 6) is 1.09. The SMILES string of the molecule is O=C(CCC[C]1[CH][CH][CH][CH]1)OCCOCCNc1ccnc2cc(Cl)ccc12.[CH]1[CH][CH][CH][CH]1.[Fe+2]. The maximum absolute atomic E-state index is 11.7. The molecule has 1 N–H and O–H groups in total. The van der Waals surface area contributed by atoms with Gasteiger partial charge in [0.25, 0.3) is 0 Å². The van der Waals surface area contributed by atoms with Crippen LogP contribution in [0.1, 0.15) is 19.3 Å². The van der Waals surface area contributed by atoms with Crippen LogP contribution >= 0.6 is 11.6 Å². The molecule has 0 atom stereocenters. The number of fused-ring (bicyclic) bond motifs is 1. The van der Waals surface area contributed by atoms with Crippen molar-refractivity contribution < 1.29 is 31.3 Å². The van der Waals surface area contributed by atoms with E-state index in [2.05, 4.69) is 23.1 Å². The largest absolute Gasteiger partial charge is 2.00 e. The van der Waals surface area contributed by atoms with Crippen molar-refractivity contribution in [3.8, 4) is 0 Å². The van der Waals surface area contributed by atoms with Gasteiger partial charge in [0.2, 0.25) is 0 Å². The molecule has 2 saturated carbocycles. The topological polar surface area (TPSA) is 60.5 Å². The quantitative estimate of drug-likeness (QED) is 0.242. The van der Waals surface area contributed by atoms with Crippen molar-refractivity contribution in [2.24, 2.45) is 0 Å². The third kappa shape index (κ3) is 10.9. The van der Waals surface area contributed by atoms with Crippen LogP contribution in [0.2, 0.25) is 5.02 Å². The number of rotatable bonds is 11. The molecule has 2 aromatic rings. The zero-order chi connectivity index (χ0) is 23.1. The molecule has 2 fully saturated rings. The molecule has 1 heterocycles. The number of carbonyl (C=O) groups excluding carboxylic acids is 1. The minimum atomic E-state index is -0.171. The molecule has 1 aromatic heterocycles. The first-order valence-electron chi connectivity index (χ1n) is 11.1. The molecule has 0 aliphatic heterocycles. The van der Waals surface area contributed by atoms with Crippen LogP contribution in [0.3, 0.4) is 0 Å². The van der Waals surface area contributed by atoms with Gasteiger partial charge in [-0.15, -0.1) is 0 Å². The first-order chi connectivity index (χ1) is 16.2. The van der Waals surface area contributed by atoms with Crippen molar-refractivity contribution in [2.45, 2.75) is 19.3 Å². The maximum atomic E-state index is 11.7. The van der Waals surface area contributed by atoms with Gasteiger partial charge >= 0.3 is 23.0 Å². The van der Waals surface area contributed by atoms with Crippen LogP contribution < -0.4 is 5.32 Å². The summed E-state index contributed by atoms with van der Waals surface area (Å²) in [5, 5.41) is 5.02. The number of esters is 1. The average Bonchev–Trinajstić information content (AvgIpc) is 3.55. The van der Waals surface area contributed by atoms with Crippen LogP contribution in [0.4, 0.5) is 5.69 Å². The van der Waals surface area contributed by atoms with Gasteiger partial charge in [0.05, 0.1) is 18.7 Å². The molecule has 1 aromatic carbocycles. The summed E-state index contributed by atoms with van der Waals surface area (Å²) in [7, 11) is 0. The summed E-state index contributed by atoms with van der Waals surface area (Å²) in [6, 6.07) is 7.56. The number of aromatic nitrogens is 1. The van der Waals surface area contributed by atoms with Gasteiger partial charge in [-0.3, -0.25) is 9.78 Å². The number of anilines is 1. The Morgan fingerprint density at radius 2 is 1.68 bits per heavy atom. The van der Waals surface area contributed by atoms with E-state index in [-0.39, 0.29) is 29.6 Å². The summed E-state index contributed by atoms with van der Waals surface area (Å²) in [4.78, 5) is 16.0. The van der Waals surface area contributed by atoms with Gasteiger partial charge < -0.3 is 14.8 Å². The molecular formula is C27H29ClFeN2O3+2. The Morgan fingerprint density at radius 1 is 0.941 bits per heavy atom. The number of pyridine rings is 1. The molecule has 2 aliphatic carbocycles. The Labute approximate surface area is 220 Å². The number of hydrogen-bond donors (Lipinski definition) is 1. The minimum absolute atomic E-state index is 0. The fraction of sp³-hybridized carbons (Fsp3) is 0.259. The number of ether oxygens (including phenoxy) is 2. The van der Waals surface area contributed by atoms with E-state index >= 15 is 0 Å². The van der Waals surface area contributed by atoms with Crippen molar-refractivity contribution in [1.82, 2.24) is 4.98 Å². The summed E-state index contributed by atoms with van der Waals surface area (Å²) >= 11 is 6.00. The van der Waals surface area contributed by atoms with E-state index in [4.69, 9.17) is 21.1 Å². The number of carbonyl (C=O) groups is 1. The van der Waals surface area contributed by atoms with Gasteiger partial charge in [-0.05, 0) is 101 Å². The van der Waals surface area contributed by atoms with Crippen molar-refractivity contribution in [3.63, 3.8) is 0 Å². The Bertz CT molecular complexity index is 834. The van der Waals surface area contributed by atoms with Gasteiger partial charge in [0.15, 0.2) is 0 Å². The second-order valence-electron chi connectivity index (χ2n) is 7.39. The number of halogens is 1. The molecule has 10 radical (unpaired) electrons. The molecule has 7 heteroatoms. The minimum Gasteiger partial charge on any atom is -0.463 e. The van der Waals surface area contributed by atoms with E-state index in [9.17, 15) is 4.79 Å². The van der Waals surface area contributed by atoms with Crippen molar-refractivity contribution in [3.05, 3.63) is 99.2 Å². The fourth-order valence-corrected chi connectivity index (χ4v) is 3.43. The smallest absolute Gasteiger partial charge is 0.463 e. The molecule has 0 unspecified atom stereocenters. The van der Waals surface area contributed by atoms with Crippen molar-refractivity contribution in [1.29, 1.82) is 0 Å².